The Balaban J connectivity index is 2.40. The lowest BCUT2D eigenvalue weighted by Gasteiger charge is -2.31. The van der Waals surface area contributed by atoms with Gasteiger partial charge in [-0.05, 0) is 43.4 Å². The molecule has 0 aliphatic carbocycles. The smallest absolute Gasteiger partial charge is 0.0297 e. The maximum atomic E-state index is 3.65. The van der Waals surface area contributed by atoms with Crippen LogP contribution in [0.1, 0.15) is 43.0 Å². The molecule has 1 aromatic carbocycles. The second kappa shape index (κ2) is 3.74. The molecule has 14 heavy (non-hydrogen) atoms. The minimum atomic E-state index is 0.517. The molecule has 76 valence electrons. The number of hydrogen-bond acceptors (Lipinski definition) is 1. The summed E-state index contributed by atoms with van der Waals surface area (Å²) in [5.74, 6) is 0. The zero-order chi connectivity index (χ0) is 10.1. The first-order chi connectivity index (χ1) is 6.72. The van der Waals surface area contributed by atoms with E-state index in [9.17, 15) is 0 Å². The van der Waals surface area contributed by atoms with Crippen molar-refractivity contribution in [3.05, 3.63) is 34.9 Å². The Morgan fingerprint density at radius 3 is 2.93 bits per heavy atom. The van der Waals surface area contributed by atoms with Crippen LogP contribution in [-0.2, 0) is 6.42 Å². The third kappa shape index (κ3) is 1.57. The first-order valence-electron chi connectivity index (χ1n) is 5.56. The molecule has 1 aromatic rings. The van der Waals surface area contributed by atoms with Gasteiger partial charge in [0.2, 0.25) is 0 Å². The van der Waals surface area contributed by atoms with E-state index in [2.05, 4.69) is 44.3 Å². The normalized spacial score (nSPS) is 25.9. The average molecular weight is 189 g/mol. The minimum absolute atomic E-state index is 0.517. The quantitative estimate of drug-likeness (QED) is 0.716. The van der Waals surface area contributed by atoms with Crippen LogP contribution in [0.3, 0.4) is 0 Å². The zero-order valence-corrected chi connectivity index (χ0v) is 9.30. The second-order valence-corrected chi connectivity index (χ2v) is 4.34. The Morgan fingerprint density at radius 2 is 2.21 bits per heavy atom. The van der Waals surface area contributed by atoms with Gasteiger partial charge < -0.3 is 5.32 Å². The van der Waals surface area contributed by atoms with Crippen molar-refractivity contribution < 1.29 is 0 Å². The molecule has 0 spiro atoms. The van der Waals surface area contributed by atoms with E-state index in [0.29, 0.717) is 12.1 Å². The molecule has 0 fully saturated rings. The SMILES string of the molecule is CC[C@H]1Cc2c(C)cccc2[C@H](C)N1. The van der Waals surface area contributed by atoms with Gasteiger partial charge in [-0.15, -0.1) is 0 Å². The minimum Gasteiger partial charge on any atom is -0.307 e. The van der Waals surface area contributed by atoms with Gasteiger partial charge in [0.1, 0.15) is 0 Å². The van der Waals surface area contributed by atoms with Crippen LogP contribution in [-0.4, -0.2) is 6.04 Å². The predicted octanol–water partition coefficient (Wildman–Crippen LogP) is 2.98. The van der Waals surface area contributed by atoms with Crippen molar-refractivity contribution in [1.82, 2.24) is 5.32 Å². The van der Waals surface area contributed by atoms with Crippen LogP contribution in [0.4, 0.5) is 0 Å². The summed E-state index contributed by atoms with van der Waals surface area (Å²) in [6.45, 7) is 6.75. The summed E-state index contributed by atoms with van der Waals surface area (Å²) in [4.78, 5) is 0. The predicted molar refractivity (Wildman–Crippen MR) is 60.5 cm³/mol. The standard InChI is InChI=1S/C13H19N/c1-4-11-8-13-9(2)6-5-7-12(13)10(3)14-11/h5-7,10-11,14H,4,8H2,1-3H3/t10-,11-/m0/s1. The molecule has 2 rings (SSSR count). The summed E-state index contributed by atoms with van der Waals surface area (Å²) in [6, 6.07) is 7.83. The van der Waals surface area contributed by atoms with Crippen LogP contribution in [0, 0.1) is 6.92 Å². The Labute approximate surface area is 86.5 Å². The van der Waals surface area contributed by atoms with Gasteiger partial charge in [-0.3, -0.25) is 0 Å². The number of rotatable bonds is 1. The Morgan fingerprint density at radius 1 is 1.43 bits per heavy atom. The van der Waals surface area contributed by atoms with Gasteiger partial charge in [-0.2, -0.15) is 0 Å². The fraction of sp³-hybridized carbons (Fsp3) is 0.538. The van der Waals surface area contributed by atoms with Gasteiger partial charge in [0.05, 0.1) is 0 Å². The van der Waals surface area contributed by atoms with E-state index in [1.165, 1.54) is 24.0 Å². The summed E-state index contributed by atoms with van der Waals surface area (Å²) in [7, 11) is 0. The average Bonchev–Trinajstić information content (AvgIpc) is 2.19. The van der Waals surface area contributed by atoms with E-state index >= 15 is 0 Å². The summed E-state index contributed by atoms with van der Waals surface area (Å²) in [6.07, 6.45) is 2.42. The number of hydrogen-bond donors (Lipinski definition) is 1. The Kier molecular flexibility index (Phi) is 2.60. The highest BCUT2D eigenvalue weighted by Gasteiger charge is 2.22. The van der Waals surface area contributed by atoms with Crippen LogP contribution < -0.4 is 5.32 Å². The van der Waals surface area contributed by atoms with E-state index in [4.69, 9.17) is 0 Å². The van der Waals surface area contributed by atoms with Gasteiger partial charge in [0, 0.05) is 12.1 Å². The topological polar surface area (TPSA) is 12.0 Å². The third-order valence-electron chi connectivity index (χ3n) is 3.34. The van der Waals surface area contributed by atoms with Crippen molar-refractivity contribution in [3.8, 4) is 0 Å². The van der Waals surface area contributed by atoms with Crippen molar-refractivity contribution in [2.45, 2.75) is 45.7 Å². The molecule has 1 heterocycles. The fourth-order valence-corrected chi connectivity index (χ4v) is 2.42. The lowest BCUT2D eigenvalue weighted by Crippen LogP contribution is -2.38. The molecule has 0 unspecified atom stereocenters. The lowest BCUT2D eigenvalue weighted by molar-refractivity contribution is 0.411. The van der Waals surface area contributed by atoms with Crippen LogP contribution in [0.5, 0.6) is 0 Å². The molecule has 1 aliphatic heterocycles. The van der Waals surface area contributed by atoms with Crippen molar-refractivity contribution in [3.63, 3.8) is 0 Å². The van der Waals surface area contributed by atoms with Gasteiger partial charge in [0.15, 0.2) is 0 Å². The van der Waals surface area contributed by atoms with E-state index < -0.39 is 0 Å². The molecule has 0 amide bonds. The highest BCUT2D eigenvalue weighted by Crippen LogP contribution is 2.28. The number of aryl methyl sites for hydroxylation is 1. The molecule has 1 aliphatic rings. The molecule has 0 bridgehead atoms. The molecule has 2 atom stereocenters. The van der Waals surface area contributed by atoms with E-state index in [1.807, 2.05) is 0 Å². The Hall–Kier alpha value is -0.820. The van der Waals surface area contributed by atoms with Crippen LogP contribution in [0.2, 0.25) is 0 Å². The zero-order valence-electron chi connectivity index (χ0n) is 9.30. The molecular weight excluding hydrogens is 170 g/mol. The largest absolute Gasteiger partial charge is 0.307 e. The second-order valence-electron chi connectivity index (χ2n) is 4.34. The summed E-state index contributed by atoms with van der Waals surface area (Å²) in [5.41, 5.74) is 4.52. The molecule has 1 heteroatoms. The summed E-state index contributed by atoms with van der Waals surface area (Å²) in [5, 5.41) is 3.65. The molecular formula is C13H19N. The van der Waals surface area contributed by atoms with E-state index in [1.54, 1.807) is 5.56 Å². The summed E-state index contributed by atoms with van der Waals surface area (Å²) < 4.78 is 0. The molecule has 0 saturated carbocycles. The number of nitrogens with one attached hydrogen (secondary N) is 1. The van der Waals surface area contributed by atoms with Crippen LogP contribution in [0.25, 0.3) is 0 Å². The highest BCUT2D eigenvalue weighted by molar-refractivity contribution is 5.38. The highest BCUT2D eigenvalue weighted by atomic mass is 15.0. The number of fused-ring (bicyclic) bond motifs is 1. The summed E-state index contributed by atoms with van der Waals surface area (Å²) >= 11 is 0. The van der Waals surface area contributed by atoms with E-state index in [0.717, 1.165) is 0 Å². The lowest BCUT2D eigenvalue weighted by atomic mass is 9.87. The fourth-order valence-electron chi connectivity index (χ4n) is 2.42. The van der Waals surface area contributed by atoms with Gasteiger partial charge >= 0.3 is 0 Å². The van der Waals surface area contributed by atoms with Crippen LogP contribution in [0.15, 0.2) is 18.2 Å². The first-order valence-corrected chi connectivity index (χ1v) is 5.56. The van der Waals surface area contributed by atoms with Crippen molar-refractivity contribution in [2.24, 2.45) is 0 Å². The molecule has 1 N–H and O–H groups in total. The number of benzene rings is 1. The molecule has 1 nitrogen and oxygen atoms in total. The molecule has 0 aromatic heterocycles. The monoisotopic (exact) mass is 189 g/mol. The van der Waals surface area contributed by atoms with Gasteiger partial charge in [-0.25, -0.2) is 0 Å². The van der Waals surface area contributed by atoms with Gasteiger partial charge in [-0.1, -0.05) is 25.1 Å². The first kappa shape index (κ1) is 9.72. The third-order valence-corrected chi connectivity index (χ3v) is 3.34. The van der Waals surface area contributed by atoms with Crippen molar-refractivity contribution >= 4 is 0 Å². The maximum absolute atomic E-state index is 3.65. The molecule has 0 radical (unpaired) electrons. The van der Waals surface area contributed by atoms with E-state index in [-0.39, 0.29) is 0 Å². The van der Waals surface area contributed by atoms with Gasteiger partial charge in [0.25, 0.3) is 0 Å². The van der Waals surface area contributed by atoms with Crippen molar-refractivity contribution in [2.75, 3.05) is 0 Å². The van der Waals surface area contributed by atoms with Crippen LogP contribution >= 0.6 is 0 Å². The molecule has 0 saturated heterocycles. The maximum Gasteiger partial charge on any atom is 0.0297 e. The van der Waals surface area contributed by atoms with Crippen molar-refractivity contribution in [1.29, 1.82) is 0 Å². The Bertz CT molecular complexity index is 330.